The van der Waals surface area contributed by atoms with Crippen molar-refractivity contribution >= 4 is 33.3 Å². The second kappa shape index (κ2) is 9.60. The fourth-order valence-corrected chi connectivity index (χ4v) is 6.12. The molecule has 1 atom stereocenters. The number of thiazole rings is 1. The van der Waals surface area contributed by atoms with Gasteiger partial charge in [-0.2, -0.15) is 0 Å². The highest BCUT2D eigenvalue weighted by molar-refractivity contribution is 7.98. The van der Waals surface area contributed by atoms with Gasteiger partial charge in [0, 0.05) is 5.69 Å². The van der Waals surface area contributed by atoms with Crippen molar-refractivity contribution in [3.63, 3.8) is 0 Å². The van der Waals surface area contributed by atoms with Crippen LogP contribution in [0.3, 0.4) is 0 Å². The minimum atomic E-state index is 0.210. The largest absolute Gasteiger partial charge is 0.497 e. The van der Waals surface area contributed by atoms with Crippen LogP contribution in [0.15, 0.2) is 53.7 Å². The number of ether oxygens (including phenoxy) is 1. The molecule has 2 aromatic carbocycles. The van der Waals surface area contributed by atoms with E-state index in [9.17, 15) is 0 Å². The molecule has 1 saturated heterocycles. The number of nitrogens with zero attached hydrogens (tertiary/aromatic N) is 5. The number of aromatic nitrogens is 4. The number of piperidine rings is 1. The van der Waals surface area contributed by atoms with Crippen molar-refractivity contribution in [2.75, 3.05) is 20.2 Å². The Morgan fingerprint density at radius 1 is 1.03 bits per heavy atom. The number of para-hydroxylation sites is 1. The molecule has 8 heteroatoms. The third-order valence-electron chi connectivity index (χ3n) is 5.96. The first kappa shape index (κ1) is 21.4. The van der Waals surface area contributed by atoms with E-state index in [-0.39, 0.29) is 6.04 Å². The predicted octanol–water partition coefficient (Wildman–Crippen LogP) is 5.72. The first-order valence-corrected chi connectivity index (χ1v) is 12.8. The lowest BCUT2D eigenvalue weighted by Gasteiger charge is -2.31. The number of fused-ring (bicyclic) bond motifs is 1. The zero-order valence-corrected chi connectivity index (χ0v) is 20.0. The normalized spacial score (nSPS) is 15.8. The van der Waals surface area contributed by atoms with E-state index in [4.69, 9.17) is 9.72 Å². The summed E-state index contributed by atoms with van der Waals surface area (Å²) in [4.78, 5) is 7.31. The fraction of sp³-hybridized carbons (Fsp3) is 0.375. The van der Waals surface area contributed by atoms with E-state index < -0.39 is 0 Å². The lowest BCUT2D eigenvalue weighted by Crippen LogP contribution is -2.33. The van der Waals surface area contributed by atoms with Crippen molar-refractivity contribution in [1.82, 2.24) is 24.6 Å². The summed E-state index contributed by atoms with van der Waals surface area (Å²) in [6, 6.07) is 16.6. The molecule has 166 valence electrons. The maximum atomic E-state index is 5.36. The molecule has 1 unspecified atom stereocenters. The van der Waals surface area contributed by atoms with Gasteiger partial charge in [0.1, 0.15) is 10.8 Å². The van der Waals surface area contributed by atoms with Crippen molar-refractivity contribution in [2.45, 2.75) is 43.1 Å². The van der Waals surface area contributed by atoms with Crippen LogP contribution in [0, 0.1) is 0 Å². The zero-order valence-electron chi connectivity index (χ0n) is 18.4. The Labute approximate surface area is 196 Å². The number of benzene rings is 2. The Balaban J connectivity index is 1.45. The summed E-state index contributed by atoms with van der Waals surface area (Å²) in [6.07, 6.45) is 3.82. The molecule has 0 amide bonds. The van der Waals surface area contributed by atoms with E-state index >= 15 is 0 Å². The predicted molar refractivity (Wildman–Crippen MR) is 131 cm³/mol. The Bertz CT molecular complexity index is 1150. The first-order chi connectivity index (χ1) is 15.7. The molecule has 4 aromatic rings. The van der Waals surface area contributed by atoms with Gasteiger partial charge in [0.15, 0.2) is 11.0 Å². The van der Waals surface area contributed by atoms with E-state index in [0.717, 1.165) is 51.8 Å². The van der Waals surface area contributed by atoms with Gasteiger partial charge in [-0.25, -0.2) is 4.98 Å². The molecule has 0 N–H and O–H groups in total. The molecular formula is C24H27N5OS2. The summed E-state index contributed by atoms with van der Waals surface area (Å²) >= 11 is 3.44. The number of methoxy groups -OCH3 is 1. The molecular weight excluding hydrogens is 438 g/mol. The fourth-order valence-electron chi connectivity index (χ4n) is 4.20. The molecule has 1 aliphatic rings. The van der Waals surface area contributed by atoms with Crippen molar-refractivity contribution in [3.8, 4) is 11.4 Å². The van der Waals surface area contributed by atoms with Gasteiger partial charge in [-0.3, -0.25) is 9.47 Å². The van der Waals surface area contributed by atoms with Crippen molar-refractivity contribution < 1.29 is 4.74 Å². The maximum Gasteiger partial charge on any atom is 0.196 e. The summed E-state index contributed by atoms with van der Waals surface area (Å²) in [6.45, 7) is 4.48. The van der Waals surface area contributed by atoms with E-state index in [2.05, 4.69) is 56.9 Å². The highest BCUT2D eigenvalue weighted by Crippen LogP contribution is 2.33. The third kappa shape index (κ3) is 4.40. The molecule has 5 rings (SSSR count). The topological polar surface area (TPSA) is 56.1 Å². The Hall–Kier alpha value is -2.42. The molecule has 0 radical (unpaired) electrons. The van der Waals surface area contributed by atoms with Gasteiger partial charge < -0.3 is 4.74 Å². The van der Waals surface area contributed by atoms with Gasteiger partial charge >= 0.3 is 0 Å². The molecule has 0 spiro atoms. The van der Waals surface area contributed by atoms with Crippen LogP contribution in [-0.2, 0) is 5.75 Å². The molecule has 2 aromatic heterocycles. The smallest absolute Gasteiger partial charge is 0.196 e. The van der Waals surface area contributed by atoms with Crippen LogP contribution in [0.1, 0.15) is 43.1 Å². The second-order valence-corrected chi connectivity index (χ2v) is 10.1. The lowest BCUT2D eigenvalue weighted by molar-refractivity contribution is 0.167. The third-order valence-corrected chi connectivity index (χ3v) is 8.12. The standard InChI is InChI=1S/C24H27N5OS2/c1-17(28-14-6-3-7-15-28)23-26-27-24(29(23)18-10-12-19(30-2)13-11-18)31-16-22-25-20-8-4-5-9-21(20)32-22/h4-5,8-13,17H,3,6-7,14-16H2,1-2H3. The van der Waals surface area contributed by atoms with Crippen molar-refractivity contribution in [2.24, 2.45) is 0 Å². The summed E-state index contributed by atoms with van der Waals surface area (Å²) in [5.74, 6) is 2.60. The second-order valence-electron chi connectivity index (χ2n) is 8.01. The van der Waals surface area contributed by atoms with Crippen LogP contribution in [-0.4, -0.2) is 44.8 Å². The SMILES string of the molecule is COc1ccc(-n2c(SCc3nc4ccccc4s3)nnc2C(C)N2CCCCC2)cc1. The van der Waals surface area contributed by atoms with E-state index in [1.165, 1.54) is 24.0 Å². The van der Waals surface area contributed by atoms with Gasteiger partial charge in [-0.15, -0.1) is 21.5 Å². The number of hydrogen-bond acceptors (Lipinski definition) is 7. The Morgan fingerprint density at radius 3 is 2.56 bits per heavy atom. The number of hydrogen-bond donors (Lipinski definition) is 0. The molecule has 6 nitrogen and oxygen atoms in total. The van der Waals surface area contributed by atoms with E-state index in [1.807, 2.05) is 18.2 Å². The van der Waals surface area contributed by atoms with Gasteiger partial charge in [0.05, 0.1) is 29.1 Å². The van der Waals surface area contributed by atoms with Crippen LogP contribution < -0.4 is 4.74 Å². The van der Waals surface area contributed by atoms with Crippen LogP contribution >= 0.6 is 23.1 Å². The average molecular weight is 466 g/mol. The van der Waals surface area contributed by atoms with Gasteiger partial charge in [-0.1, -0.05) is 30.3 Å². The average Bonchev–Trinajstić information content (AvgIpc) is 3.46. The minimum Gasteiger partial charge on any atom is -0.497 e. The minimum absolute atomic E-state index is 0.210. The van der Waals surface area contributed by atoms with Gasteiger partial charge in [0.2, 0.25) is 0 Å². The maximum absolute atomic E-state index is 5.36. The molecule has 3 heterocycles. The van der Waals surface area contributed by atoms with Crippen LogP contribution in [0.25, 0.3) is 15.9 Å². The summed E-state index contributed by atoms with van der Waals surface area (Å²) in [7, 11) is 1.69. The number of thioether (sulfide) groups is 1. The molecule has 0 aliphatic carbocycles. The molecule has 1 aliphatic heterocycles. The van der Waals surface area contributed by atoms with E-state index in [0.29, 0.717) is 0 Å². The molecule has 0 saturated carbocycles. The molecule has 32 heavy (non-hydrogen) atoms. The molecule has 1 fully saturated rings. The quantitative estimate of drug-likeness (QED) is 0.325. The summed E-state index contributed by atoms with van der Waals surface area (Å²) in [5.41, 5.74) is 2.12. The highest BCUT2D eigenvalue weighted by Gasteiger charge is 2.25. The van der Waals surface area contributed by atoms with Crippen LogP contribution in [0.2, 0.25) is 0 Å². The van der Waals surface area contributed by atoms with Crippen LogP contribution in [0.5, 0.6) is 5.75 Å². The first-order valence-electron chi connectivity index (χ1n) is 11.0. The van der Waals surface area contributed by atoms with E-state index in [1.54, 1.807) is 30.2 Å². The van der Waals surface area contributed by atoms with Crippen LogP contribution in [0.4, 0.5) is 0 Å². The number of likely N-dealkylation sites (tertiary alicyclic amines) is 1. The lowest BCUT2D eigenvalue weighted by atomic mass is 10.1. The summed E-state index contributed by atoms with van der Waals surface area (Å²) < 4.78 is 8.79. The number of rotatable bonds is 7. The highest BCUT2D eigenvalue weighted by atomic mass is 32.2. The molecule has 0 bridgehead atoms. The monoisotopic (exact) mass is 465 g/mol. The van der Waals surface area contributed by atoms with Crippen molar-refractivity contribution in [3.05, 3.63) is 59.4 Å². The summed E-state index contributed by atoms with van der Waals surface area (Å²) in [5, 5.41) is 11.3. The van der Waals surface area contributed by atoms with Gasteiger partial charge in [0.25, 0.3) is 0 Å². The van der Waals surface area contributed by atoms with Crippen molar-refractivity contribution in [1.29, 1.82) is 0 Å². The Kier molecular flexibility index (Phi) is 6.43. The Morgan fingerprint density at radius 2 is 1.81 bits per heavy atom. The zero-order chi connectivity index (χ0) is 21.9. The van der Waals surface area contributed by atoms with Gasteiger partial charge in [-0.05, 0) is 69.3 Å².